The molecule has 1 atom stereocenters. The van der Waals surface area contributed by atoms with E-state index in [0.717, 1.165) is 12.5 Å². The third-order valence-corrected chi connectivity index (χ3v) is 3.93. The molecule has 0 bridgehead atoms. The second-order valence-electron chi connectivity index (χ2n) is 5.54. The molecule has 1 aromatic heterocycles. The molecule has 0 N–H and O–H groups in total. The average Bonchev–Trinajstić information content (AvgIpc) is 2.66. The van der Waals surface area contributed by atoms with Gasteiger partial charge in [-0.3, -0.25) is 0 Å². The van der Waals surface area contributed by atoms with Gasteiger partial charge in [0, 0.05) is 16.9 Å². The lowest BCUT2D eigenvalue weighted by molar-refractivity contribution is 0.105. The van der Waals surface area contributed by atoms with Gasteiger partial charge in [-0.2, -0.15) is 4.39 Å². The van der Waals surface area contributed by atoms with Crippen LogP contribution in [0.3, 0.4) is 0 Å². The largest absolute Gasteiger partial charge is 0.480 e. The molecule has 1 aliphatic rings. The molecule has 1 aromatic carbocycles. The van der Waals surface area contributed by atoms with Crippen LogP contribution >= 0.6 is 0 Å². The molecule has 20 heavy (non-hydrogen) atoms. The van der Waals surface area contributed by atoms with Crippen molar-refractivity contribution in [2.75, 3.05) is 0 Å². The van der Waals surface area contributed by atoms with Gasteiger partial charge in [0.2, 0.25) is 11.6 Å². The molecular weight excluding hydrogens is 266 g/mol. The van der Waals surface area contributed by atoms with Gasteiger partial charge in [0.25, 0.3) is 0 Å². The maximum Gasteiger partial charge on any atom is 0.379 e. The van der Waals surface area contributed by atoms with E-state index in [4.69, 9.17) is 9.15 Å². The predicted octanol–water partition coefficient (Wildman–Crippen LogP) is 3.74. The second kappa shape index (κ2) is 4.04. The number of benzene rings is 1. The zero-order valence-electron chi connectivity index (χ0n) is 11.4. The number of hydrogen-bond donors (Lipinski definition) is 0. The third kappa shape index (κ3) is 1.58. The Labute approximate surface area is 114 Å². The van der Waals surface area contributed by atoms with Crippen LogP contribution in [-0.2, 0) is 0 Å². The smallest absolute Gasteiger partial charge is 0.379 e. The summed E-state index contributed by atoms with van der Waals surface area (Å²) >= 11 is 0. The summed E-state index contributed by atoms with van der Waals surface area (Å²) in [7, 11) is 0. The molecule has 0 aliphatic carbocycles. The van der Waals surface area contributed by atoms with Gasteiger partial charge in [0.1, 0.15) is 5.60 Å². The minimum atomic E-state index is -1.14. The van der Waals surface area contributed by atoms with Crippen LogP contribution in [0.2, 0.25) is 0 Å². The molecule has 2 heterocycles. The molecule has 0 spiro atoms. The van der Waals surface area contributed by atoms with Crippen LogP contribution in [0.4, 0.5) is 8.78 Å². The van der Waals surface area contributed by atoms with Crippen molar-refractivity contribution in [1.29, 1.82) is 0 Å². The Kier molecular flexibility index (Phi) is 2.64. The summed E-state index contributed by atoms with van der Waals surface area (Å²) < 4.78 is 37.7. The molecular formula is C15H14F2O3. The maximum absolute atomic E-state index is 13.8. The van der Waals surface area contributed by atoms with E-state index < -0.39 is 22.9 Å². The van der Waals surface area contributed by atoms with Crippen molar-refractivity contribution in [3.8, 4) is 5.75 Å². The highest BCUT2D eigenvalue weighted by molar-refractivity contribution is 5.84. The summed E-state index contributed by atoms with van der Waals surface area (Å²) in [4.78, 5) is 12.0. The zero-order valence-corrected chi connectivity index (χ0v) is 11.4. The van der Waals surface area contributed by atoms with E-state index in [1.807, 2.05) is 20.8 Å². The molecule has 0 fully saturated rings. The number of fused-ring (bicyclic) bond motifs is 3. The first-order valence-corrected chi connectivity index (χ1v) is 6.50. The van der Waals surface area contributed by atoms with E-state index in [0.29, 0.717) is 10.9 Å². The van der Waals surface area contributed by atoms with Crippen LogP contribution < -0.4 is 10.4 Å². The van der Waals surface area contributed by atoms with Crippen molar-refractivity contribution >= 4 is 11.0 Å². The summed E-state index contributed by atoms with van der Waals surface area (Å²) in [6.07, 6.45) is 0.720. The van der Waals surface area contributed by atoms with E-state index in [2.05, 4.69) is 0 Å². The van der Waals surface area contributed by atoms with Crippen LogP contribution in [0.1, 0.15) is 38.7 Å². The van der Waals surface area contributed by atoms with Gasteiger partial charge in [-0.15, -0.1) is 0 Å². The van der Waals surface area contributed by atoms with Crippen LogP contribution in [0.5, 0.6) is 5.75 Å². The second-order valence-corrected chi connectivity index (χ2v) is 5.54. The molecule has 3 nitrogen and oxygen atoms in total. The Hall–Kier alpha value is -1.91. The van der Waals surface area contributed by atoms with Crippen molar-refractivity contribution in [3.05, 3.63) is 39.8 Å². The van der Waals surface area contributed by atoms with E-state index >= 15 is 0 Å². The Balaban J connectivity index is 2.45. The summed E-state index contributed by atoms with van der Waals surface area (Å²) in [6, 6.07) is 2.47. The van der Waals surface area contributed by atoms with Crippen LogP contribution in [0.25, 0.3) is 11.0 Å². The number of hydrogen-bond acceptors (Lipinski definition) is 3. The third-order valence-electron chi connectivity index (χ3n) is 3.93. The molecule has 0 saturated carbocycles. The summed E-state index contributed by atoms with van der Waals surface area (Å²) in [5.74, 6) is -2.14. The maximum atomic E-state index is 13.8. The highest BCUT2D eigenvalue weighted by Gasteiger charge is 2.43. The lowest BCUT2D eigenvalue weighted by atomic mass is 9.83. The number of halogens is 2. The molecule has 0 amide bonds. The van der Waals surface area contributed by atoms with Crippen LogP contribution in [0, 0.1) is 11.6 Å². The average molecular weight is 280 g/mol. The molecule has 0 saturated heterocycles. The Morgan fingerprint density at radius 1 is 1.30 bits per heavy atom. The predicted molar refractivity (Wildman–Crippen MR) is 70.1 cm³/mol. The van der Waals surface area contributed by atoms with E-state index in [1.165, 1.54) is 6.07 Å². The Morgan fingerprint density at radius 2 is 2.00 bits per heavy atom. The first-order chi connectivity index (χ1) is 9.36. The van der Waals surface area contributed by atoms with E-state index in [1.54, 1.807) is 0 Å². The highest BCUT2D eigenvalue weighted by atomic mass is 19.2. The number of ether oxygens (including phenoxy) is 1. The van der Waals surface area contributed by atoms with Crippen molar-refractivity contribution < 1.29 is 17.9 Å². The first-order valence-electron chi connectivity index (χ1n) is 6.50. The fraction of sp³-hybridized carbons (Fsp3) is 0.400. The van der Waals surface area contributed by atoms with Gasteiger partial charge in [0.15, 0.2) is 11.4 Å². The van der Waals surface area contributed by atoms with Crippen LogP contribution in [-0.4, -0.2) is 5.60 Å². The summed E-state index contributed by atoms with van der Waals surface area (Å²) in [5.41, 5.74) is -1.07. The standard InChI is InChI=1S/C15H14F2O3/c1-4-8-10-7-5-6-9(16)11(17)12(7)19-14(18)13(10)20-15(8,2)3/h5-6,8H,4H2,1-3H3/t8-/m0/s1. The van der Waals surface area contributed by atoms with Crippen molar-refractivity contribution in [3.63, 3.8) is 0 Å². The normalized spacial score (nSPS) is 19.9. The monoisotopic (exact) mass is 280 g/mol. The van der Waals surface area contributed by atoms with Gasteiger partial charge < -0.3 is 9.15 Å². The minimum Gasteiger partial charge on any atom is -0.480 e. The summed E-state index contributed by atoms with van der Waals surface area (Å²) in [6.45, 7) is 5.70. The molecule has 3 rings (SSSR count). The van der Waals surface area contributed by atoms with Crippen molar-refractivity contribution in [2.45, 2.75) is 38.7 Å². The van der Waals surface area contributed by atoms with Crippen molar-refractivity contribution in [1.82, 2.24) is 0 Å². The van der Waals surface area contributed by atoms with Gasteiger partial charge in [-0.05, 0) is 32.4 Å². The SMILES string of the molecule is CC[C@H]1c2c(c(=O)oc3c(F)c(F)ccc23)OC1(C)C. The fourth-order valence-electron chi connectivity index (χ4n) is 3.04. The Bertz CT molecular complexity index is 762. The quantitative estimate of drug-likeness (QED) is 0.747. The van der Waals surface area contributed by atoms with Gasteiger partial charge in [0.05, 0.1) is 0 Å². The van der Waals surface area contributed by atoms with Gasteiger partial charge in [-0.1, -0.05) is 6.92 Å². The molecule has 0 radical (unpaired) electrons. The lowest BCUT2D eigenvalue weighted by Gasteiger charge is -2.25. The summed E-state index contributed by atoms with van der Waals surface area (Å²) in [5, 5.41) is 0.399. The van der Waals surface area contributed by atoms with Gasteiger partial charge in [-0.25, -0.2) is 9.18 Å². The zero-order chi connectivity index (χ0) is 14.7. The topological polar surface area (TPSA) is 39.4 Å². The molecule has 2 aromatic rings. The van der Waals surface area contributed by atoms with E-state index in [9.17, 15) is 13.6 Å². The van der Waals surface area contributed by atoms with E-state index in [-0.39, 0.29) is 17.3 Å². The highest BCUT2D eigenvalue weighted by Crippen LogP contribution is 2.47. The van der Waals surface area contributed by atoms with Crippen LogP contribution in [0.15, 0.2) is 21.3 Å². The first kappa shape index (κ1) is 13.1. The minimum absolute atomic E-state index is 0.0750. The van der Waals surface area contributed by atoms with Gasteiger partial charge >= 0.3 is 5.63 Å². The Morgan fingerprint density at radius 3 is 2.65 bits per heavy atom. The van der Waals surface area contributed by atoms with Crippen molar-refractivity contribution in [2.24, 2.45) is 0 Å². The molecule has 106 valence electrons. The number of rotatable bonds is 1. The fourth-order valence-corrected chi connectivity index (χ4v) is 3.04. The lowest BCUT2D eigenvalue weighted by Crippen LogP contribution is -2.30. The molecule has 0 unspecified atom stereocenters. The molecule has 5 heteroatoms. The molecule has 1 aliphatic heterocycles.